The van der Waals surface area contributed by atoms with Crippen molar-refractivity contribution < 1.29 is 18.6 Å². The first kappa shape index (κ1) is 16.5. The summed E-state index contributed by atoms with van der Waals surface area (Å²) in [6.45, 7) is 2.39. The molecule has 0 aliphatic rings. The average molecular weight is 286 g/mol. The van der Waals surface area contributed by atoms with Crippen LogP contribution in [0.25, 0.3) is 0 Å². The predicted molar refractivity (Wildman–Crippen MR) is 77.9 cm³/mol. The molecule has 2 N–H and O–H groups in total. The van der Waals surface area contributed by atoms with Crippen LogP contribution in [0.1, 0.15) is 6.42 Å². The normalized spacial score (nSPS) is 10.6. The summed E-state index contributed by atoms with van der Waals surface area (Å²) in [5.41, 5.74) is 6.45. The molecular formula is C14H23FN2O3. The number of rotatable bonds is 9. The van der Waals surface area contributed by atoms with Gasteiger partial charge in [-0.05, 0) is 6.42 Å². The van der Waals surface area contributed by atoms with E-state index in [2.05, 4.69) is 0 Å². The Bertz CT molecular complexity index is 416. The van der Waals surface area contributed by atoms with Crippen molar-refractivity contribution in [2.75, 3.05) is 58.3 Å². The van der Waals surface area contributed by atoms with Crippen LogP contribution in [0.2, 0.25) is 0 Å². The third-order valence-corrected chi connectivity index (χ3v) is 2.98. The first-order chi connectivity index (χ1) is 9.63. The van der Waals surface area contributed by atoms with Crippen LogP contribution >= 0.6 is 0 Å². The minimum atomic E-state index is -0.364. The van der Waals surface area contributed by atoms with Crippen LogP contribution in [-0.4, -0.2) is 47.6 Å². The lowest BCUT2D eigenvalue weighted by Crippen LogP contribution is -2.30. The number of halogens is 1. The molecule has 1 rings (SSSR count). The topological polar surface area (TPSA) is 57.0 Å². The summed E-state index contributed by atoms with van der Waals surface area (Å²) in [7, 11) is 4.78. The third-order valence-electron chi connectivity index (χ3n) is 2.98. The van der Waals surface area contributed by atoms with Gasteiger partial charge in [0.25, 0.3) is 0 Å². The van der Waals surface area contributed by atoms with Crippen molar-refractivity contribution >= 4 is 11.4 Å². The fourth-order valence-corrected chi connectivity index (χ4v) is 1.93. The largest absolute Gasteiger partial charge is 0.495 e. The number of anilines is 2. The van der Waals surface area contributed by atoms with Gasteiger partial charge < -0.3 is 24.8 Å². The van der Waals surface area contributed by atoms with Gasteiger partial charge in [-0.1, -0.05) is 0 Å². The zero-order valence-corrected chi connectivity index (χ0v) is 12.3. The molecule has 5 nitrogen and oxygen atoms in total. The number of nitrogens with two attached hydrogens (primary N) is 1. The zero-order chi connectivity index (χ0) is 15.0. The van der Waals surface area contributed by atoms with Gasteiger partial charge in [-0.3, -0.25) is 0 Å². The van der Waals surface area contributed by atoms with Crippen molar-refractivity contribution in [3.05, 3.63) is 17.9 Å². The van der Waals surface area contributed by atoms with E-state index in [1.165, 1.54) is 13.2 Å². The van der Waals surface area contributed by atoms with Gasteiger partial charge >= 0.3 is 0 Å². The van der Waals surface area contributed by atoms with Gasteiger partial charge in [-0.25, -0.2) is 4.39 Å². The monoisotopic (exact) mass is 286 g/mol. The molecule has 0 spiro atoms. The van der Waals surface area contributed by atoms with Gasteiger partial charge in [-0.15, -0.1) is 0 Å². The van der Waals surface area contributed by atoms with Gasteiger partial charge in [0.05, 0.1) is 25.1 Å². The third kappa shape index (κ3) is 4.54. The van der Waals surface area contributed by atoms with E-state index in [1.54, 1.807) is 20.3 Å². The molecule has 0 atom stereocenters. The van der Waals surface area contributed by atoms with Crippen LogP contribution in [0.4, 0.5) is 15.8 Å². The van der Waals surface area contributed by atoms with Crippen molar-refractivity contribution in [1.29, 1.82) is 0 Å². The Morgan fingerprint density at radius 1 is 1.10 bits per heavy atom. The predicted octanol–water partition coefficient (Wildman–Crippen LogP) is 1.91. The molecule has 20 heavy (non-hydrogen) atoms. The van der Waals surface area contributed by atoms with E-state index >= 15 is 0 Å². The Labute approximate surface area is 119 Å². The summed E-state index contributed by atoms with van der Waals surface area (Å²) in [4.78, 5) is 1.90. The summed E-state index contributed by atoms with van der Waals surface area (Å²) in [5, 5.41) is 0. The van der Waals surface area contributed by atoms with E-state index in [9.17, 15) is 4.39 Å². The molecule has 0 heterocycles. The van der Waals surface area contributed by atoms with Gasteiger partial charge in [-0.2, -0.15) is 0 Å². The van der Waals surface area contributed by atoms with Gasteiger partial charge in [0.15, 0.2) is 0 Å². The molecule has 6 heteroatoms. The lowest BCUT2D eigenvalue weighted by Gasteiger charge is -2.25. The SMILES string of the molecule is COCCCN(CCOC)c1cc(OC)c(N)cc1F. The van der Waals surface area contributed by atoms with E-state index < -0.39 is 0 Å². The maximum Gasteiger partial charge on any atom is 0.148 e. The average Bonchev–Trinajstić information content (AvgIpc) is 2.43. The van der Waals surface area contributed by atoms with Crippen molar-refractivity contribution in [2.45, 2.75) is 6.42 Å². The first-order valence-corrected chi connectivity index (χ1v) is 6.49. The highest BCUT2D eigenvalue weighted by Crippen LogP contribution is 2.30. The number of hydrogen-bond acceptors (Lipinski definition) is 5. The molecule has 0 amide bonds. The standard InChI is InChI=1S/C14H23FN2O3/c1-18-7-4-5-17(6-8-19-2)13-10-14(20-3)12(16)9-11(13)15/h9-10H,4-8,16H2,1-3H3. The van der Waals surface area contributed by atoms with E-state index in [-0.39, 0.29) is 11.5 Å². The molecular weight excluding hydrogens is 263 g/mol. The van der Waals surface area contributed by atoms with Crippen molar-refractivity contribution in [2.24, 2.45) is 0 Å². The summed E-state index contributed by atoms with van der Waals surface area (Å²) < 4.78 is 29.4. The highest BCUT2D eigenvalue weighted by molar-refractivity contribution is 5.63. The second kappa shape index (κ2) is 8.60. The quantitative estimate of drug-likeness (QED) is 0.555. The minimum Gasteiger partial charge on any atom is -0.495 e. The molecule has 0 aliphatic heterocycles. The van der Waals surface area contributed by atoms with Gasteiger partial charge in [0.1, 0.15) is 11.6 Å². The number of nitrogens with zero attached hydrogens (tertiary/aromatic N) is 1. The number of hydrogen-bond donors (Lipinski definition) is 1. The highest BCUT2D eigenvalue weighted by atomic mass is 19.1. The smallest absolute Gasteiger partial charge is 0.148 e. The van der Waals surface area contributed by atoms with Gasteiger partial charge in [0, 0.05) is 46.0 Å². The Morgan fingerprint density at radius 2 is 1.80 bits per heavy atom. The Balaban J connectivity index is 2.92. The second-order valence-corrected chi connectivity index (χ2v) is 4.37. The molecule has 0 fully saturated rings. The molecule has 0 aromatic heterocycles. The molecule has 0 radical (unpaired) electrons. The van der Waals surface area contributed by atoms with E-state index in [4.69, 9.17) is 19.9 Å². The molecule has 0 saturated heterocycles. The molecule has 1 aromatic carbocycles. The summed E-state index contributed by atoms with van der Waals surface area (Å²) in [6, 6.07) is 2.90. The van der Waals surface area contributed by atoms with Crippen LogP contribution in [-0.2, 0) is 9.47 Å². The minimum absolute atomic E-state index is 0.289. The number of nitrogen functional groups attached to an aromatic ring is 1. The summed E-state index contributed by atoms with van der Waals surface area (Å²) >= 11 is 0. The number of benzene rings is 1. The van der Waals surface area contributed by atoms with Crippen molar-refractivity contribution in [1.82, 2.24) is 0 Å². The molecule has 0 unspecified atom stereocenters. The highest BCUT2D eigenvalue weighted by Gasteiger charge is 2.15. The summed E-state index contributed by atoms with van der Waals surface area (Å²) in [5.74, 6) is 0.104. The maximum absolute atomic E-state index is 14.1. The van der Waals surface area contributed by atoms with Crippen LogP contribution in [0.3, 0.4) is 0 Å². The van der Waals surface area contributed by atoms with Gasteiger partial charge in [0.2, 0.25) is 0 Å². The molecule has 0 aliphatic carbocycles. The Morgan fingerprint density at radius 3 is 2.40 bits per heavy atom. The van der Waals surface area contributed by atoms with Crippen LogP contribution in [0.15, 0.2) is 12.1 Å². The van der Waals surface area contributed by atoms with Crippen LogP contribution in [0, 0.1) is 5.82 Å². The van der Waals surface area contributed by atoms with E-state index in [1.807, 2.05) is 4.90 Å². The maximum atomic E-state index is 14.1. The number of methoxy groups -OCH3 is 3. The lowest BCUT2D eigenvalue weighted by molar-refractivity contribution is 0.191. The van der Waals surface area contributed by atoms with E-state index in [0.717, 1.165) is 6.42 Å². The molecule has 1 aromatic rings. The second-order valence-electron chi connectivity index (χ2n) is 4.37. The summed E-state index contributed by atoms with van der Waals surface area (Å²) in [6.07, 6.45) is 0.798. The first-order valence-electron chi connectivity index (χ1n) is 6.49. The lowest BCUT2D eigenvalue weighted by atomic mass is 10.2. The number of ether oxygens (including phenoxy) is 3. The van der Waals surface area contributed by atoms with Crippen LogP contribution < -0.4 is 15.4 Å². The fourth-order valence-electron chi connectivity index (χ4n) is 1.93. The Kier molecular flexibility index (Phi) is 7.11. The molecule has 0 bridgehead atoms. The molecule has 0 saturated carbocycles. The zero-order valence-electron chi connectivity index (χ0n) is 12.3. The van der Waals surface area contributed by atoms with Crippen molar-refractivity contribution in [3.8, 4) is 5.75 Å². The van der Waals surface area contributed by atoms with E-state index in [0.29, 0.717) is 37.7 Å². The van der Waals surface area contributed by atoms with Crippen molar-refractivity contribution in [3.63, 3.8) is 0 Å². The molecule has 114 valence electrons. The Hall–Kier alpha value is -1.53. The fraction of sp³-hybridized carbons (Fsp3) is 0.571. The van der Waals surface area contributed by atoms with Crippen LogP contribution in [0.5, 0.6) is 5.75 Å².